The van der Waals surface area contributed by atoms with E-state index in [2.05, 4.69) is 32.6 Å². The molecule has 0 amide bonds. The second-order valence-corrected chi connectivity index (χ2v) is 6.79. The average molecular weight is 251 g/mol. The first-order chi connectivity index (χ1) is 8.48. The highest BCUT2D eigenvalue weighted by Crippen LogP contribution is 2.50. The summed E-state index contributed by atoms with van der Waals surface area (Å²) in [4.78, 5) is 14.9. The quantitative estimate of drug-likeness (QED) is 0.720. The van der Waals surface area contributed by atoms with Gasteiger partial charge in [0.15, 0.2) is 5.78 Å². The number of carbonyl (C=O) groups excluding carboxylic acids is 1. The summed E-state index contributed by atoms with van der Waals surface area (Å²) >= 11 is 0. The first kappa shape index (κ1) is 14.0. The second kappa shape index (κ2) is 5.32. The molecular formula is C16H29NO. The fourth-order valence-electron chi connectivity index (χ4n) is 4.30. The molecule has 0 aliphatic heterocycles. The molecule has 18 heavy (non-hydrogen) atoms. The zero-order valence-corrected chi connectivity index (χ0v) is 12.5. The van der Waals surface area contributed by atoms with Crippen molar-refractivity contribution in [2.75, 3.05) is 13.1 Å². The van der Waals surface area contributed by atoms with Gasteiger partial charge in [-0.3, -0.25) is 9.69 Å². The molecular weight excluding hydrogens is 222 g/mol. The Morgan fingerprint density at radius 2 is 1.83 bits per heavy atom. The lowest BCUT2D eigenvalue weighted by atomic mass is 9.81. The molecule has 2 heteroatoms. The van der Waals surface area contributed by atoms with Crippen LogP contribution in [0.25, 0.3) is 0 Å². The molecule has 2 rings (SSSR count). The first-order valence-electron chi connectivity index (χ1n) is 7.77. The van der Waals surface area contributed by atoms with Gasteiger partial charge in [0.2, 0.25) is 0 Å². The molecule has 2 bridgehead atoms. The van der Waals surface area contributed by atoms with Crippen molar-refractivity contribution in [1.29, 1.82) is 0 Å². The number of nitrogens with zero attached hydrogens (tertiary/aromatic N) is 1. The van der Waals surface area contributed by atoms with Gasteiger partial charge in [-0.2, -0.15) is 0 Å². The summed E-state index contributed by atoms with van der Waals surface area (Å²) < 4.78 is 0. The zero-order chi connectivity index (χ0) is 13.3. The molecule has 0 saturated heterocycles. The normalized spacial score (nSPS) is 31.3. The van der Waals surface area contributed by atoms with Gasteiger partial charge in [-0.05, 0) is 64.0 Å². The molecule has 0 aromatic heterocycles. The second-order valence-electron chi connectivity index (χ2n) is 6.79. The van der Waals surface area contributed by atoms with Crippen molar-refractivity contribution < 1.29 is 4.79 Å². The molecule has 104 valence electrons. The van der Waals surface area contributed by atoms with Crippen molar-refractivity contribution in [3.05, 3.63) is 0 Å². The number of Topliss-reactive ketones (excluding diaryl/α,β-unsaturated/α-hetero) is 1. The van der Waals surface area contributed by atoms with E-state index in [1.807, 2.05) is 0 Å². The van der Waals surface area contributed by atoms with Crippen molar-refractivity contribution in [2.45, 2.75) is 65.3 Å². The highest BCUT2D eigenvalue weighted by atomic mass is 16.1. The van der Waals surface area contributed by atoms with Crippen LogP contribution in [0.15, 0.2) is 0 Å². The summed E-state index contributed by atoms with van der Waals surface area (Å²) in [5.41, 5.74) is -0.272. The van der Waals surface area contributed by atoms with Gasteiger partial charge in [0.05, 0.1) is 5.54 Å². The predicted molar refractivity (Wildman–Crippen MR) is 75.6 cm³/mol. The number of fused-ring (bicyclic) bond motifs is 2. The molecule has 0 aromatic rings. The van der Waals surface area contributed by atoms with Crippen LogP contribution in [-0.2, 0) is 4.79 Å². The Morgan fingerprint density at radius 3 is 2.28 bits per heavy atom. The lowest BCUT2D eigenvalue weighted by Gasteiger charge is -2.37. The molecule has 2 fully saturated rings. The van der Waals surface area contributed by atoms with Crippen molar-refractivity contribution in [3.8, 4) is 0 Å². The molecule has 0 heterocycles. The van der Waals surface area contributed by atoms with Crippen LogP contribution in [0.2, 0.25) is 0 Å². The highest BCUT2D eigenvalue weighted by molar-refractivity contribution is 5.87. The molecule has 0 N–H and O–H groups in total. The van der Waals surface area contributed by atoms with E-state index >= 15 is 0 Å². The van der Waals surface area contributed by atoms with E-state index in [9.17, 15) is 4.79 Å². The molecule has 2 nitrogen and oxygen atoms in total. The third kappa shape index (κ3) is 2.49. The minimum Gasteiger partial charge on any atom is -0.298 e. The number of hydrogen-bond acceptors (Lipinski definition) is 2. The Labute approximate surface area is 112 Å². The summed E-state index contributed by atoms with van der Waals surface area (Å²) in [6.45, 7) is 10.4. The summed E-state index contributed by atoms with van der Waals surface area (Å²) in [5.74, 6) is 2.98. The van der Waals surface area contributed by atoms with Crippen molar-refractivity contribution in [2.24, 2.45) is 17.8 Å². The largest absolute Gasteiger partial charge is 0.298 e. The molecule has 3 unspecified atom stereocenters. The summed E-state index contributed by atoms with van der Waals surface area (Å²) in [6.07, 6.45) is 6.36. The van der Waals surface area contributed by atoms with Crippen LogP contribution in [0.5, 0.6) is 0 Å². The minimum absolute atomic E-state index is 0.272. The third-order valence-electron chi connectivity index (χ3n) is 5.57. The van der Waals surface area contributed by atoms with E-state index in [-0.39, 0.29) is 5.54 Å². The molecule has 3 atom stereocenters. The van der Waals surface area contributed by atoms with Gasteiger partial charge in [0.1, 0.15) is 0 Å². The van der Waals surface area contributed by atoms with E-state index in [0.29, 0.717) is 11.7 Å². The summed E-state index contributed by atoms with van der Waals surface area (Å²) in [6, 6.07) is 0. The van der Waals surface area contributed by atoms with Crippen molar-refractivity contribution >= 4 is 5.78 Å². The van der Waals surface area contributed by atoms with Crippen molar-refractivity contribution in [3.63, 3.8) is 0 Å². The Bertz CT molecular complexity index is 306. The predicted octanol–water partition coefficient (Wildman–Crippen LogP) is 3.50. The average Bonchev–Trinajstić information content (AvgIpc) is 2.92. The Morgan fingerprint density at radius 1 is 1.17 bits per heavy atom. The van der Waals surface area contributed by atoms with Crippen LogP contribution in [-0.4, -0.2) is 29.3 Å². The monoisotopic (exact) mass is 251 g/mol. The first-order valence-corrected chi connectivity index (χ1v) is 7.77. The Balaban J connectivity index is 1.94. The maximum absolute atomic E-state index is 12.6. The maximum Gasteiger partial charge on any atom is 0.152 e. The molecule has 2 aliphatic carbocycles. The summed E-state index contributed by atoms with van der Waals surface area (Å²) in [5, 5.41) is 0. The van der Waals surface area contributed by atoms with E-state index in [4.69, 9.17) is 0 Å². The molecule has 2 aliphatic rings. The van der Waals surface area contributed by atoms with Crippen LogP contribution in [0, 0.1) is 17.8 Å². The Hall–Kier alpha value is -0.370. The fourth-order valence-corrected chi connectivity index (χ4v) is 4.30. The number of likely N-dealkylation sites (N-methyl/N-ethyl adjacent to an activating group) is 1. The van der Waals surface area contributed by atoms with Crippen LogP contribution in [0.4, 0.5) is 0 Å². The van der Waals surface area contributed by atoms with E-state index in [1.54, 1.807) is 0 Å². The maximum atomic E-state index is 12.6. The molecule has 2 saturated carbocycles. The lowest BCUT2D eigenvalue weighted by molar-refractivity contribution is -0.130. The van der Waals surface area contributed by atoms with Gasteiger partial charge in [0.25, 0.3) is 0 Å². The van der Waals surface area contributed by atoms with Gasteiger partial charge >= 0.3 is 0 Å². The van der Waals surface area contributed by atoms with Gasteiger partial charge < -0.3 is 0 Å². The third-order valence-corrected chi connectivity index (χ3v) is 5.57. The SMILES string of the molecule is CCN(CC)C(C)(C)C(=O)CC1CC2CCC1C2. The van der Waals surface area contributed by atoms with Crippen LogP contribution >= 0.6 is 0 Å². The standard InChI is InChI=1S/C16H29NO/c1-5-17(6-2)16(3,4)15(18)11-14-10-12-7-8-13(14)9-12/h12-14H,5-11H2,1-4H3. The highest BCUT2D eigenvalue weighted by Gasteiger charge is 2.42. The van der Waals surface area contributed by atoms with Gasteiger partial charge in [0, 0.05) is 6.42 Å². The number of rotatable bonds is 6. The van der Waals surface area contributed by atoms with Gasteiger partial charge in [-0.15, -0.1) is 0 Å². The van der Waals surface area contributed by atoms with Crippen molar-refractivity contribution in [1.82, 2.24) is 4.90 Å². The molecule has 0 radical (unpaired) electrons. The van der Waals surface area contributed by atoms with Crippen LogP contribution in [0.1, 0.15) is 59.8 Å². The fraction of sp³-hybridized carbons (Fsp3) is 0.938. The van der Waals surface area contributed by atoms with Crippen LogP contribution in [0.3, 0.4) is 0 Å². The van der Waals surface area contributed by atoms with Gasteiger partial charge in [-0.25, -0.2) is 0 Å². The lowest BCUT2D eigenvalue weighted by Crippen LogP contribution is -2.50. The summed E-state index contributed by atoms with van der Waals surface area (Å²) in [7, 11) is 0. The van der Waals surface area contributed by atoms with E-state index in [0.717, 1.165) is 31.3 Å². The number of ketones is 1. The zero-order valence-electron chi connectivity index (χ0n) is 12.5. The Kier molecular flexibility index (Phi) is 4.15. The number of carbonyl (C=O) groups is 1. The minimum atomic E-state index is -0.272. The van der Waals surface area contributed by atoms with E-state index in [1.165, 1.54) is 25.7 Å². The topological polar surface area (TPSA) is 20.3 Å². The number of hydrogen-bond donors (Lipinski definition) is 0. The van der Waals surface area contributed by atoms with Crippen LogP contribution < -0.4 is 0 Å². The molecule has 0 spiro atoms. The molecule has 0 aromatic carbocycles. The smallest absolute Gasteiger partial charge is 0.152 e. The van der Waals surface area contributed by atoms with E-state index < -0.39 is 0 Å². The van der Waals surface area contributed by atoms with Gasteiger partial charge in [-0.1, -0.05) is 20.3 Å².